The zero-order valence-electron chi connectivity index (χ0n) is 12.4. The molecule has 0 aliphatic carbocycles. The van der Waals surface area contributed by atoms with Crippen LogP contribution in [-0.4, -0.2) is 34.8 Å². The number of rotatable bonds is 3. The van der Waals surface area contributed by atoms with E-state index in [1.807, 2.05) is 44.4 Å². The zero-order valence-corrected chi connectivity index (χ0v) is 13.2. The van der Waals surface area contributed by atoms with Gasteiger partial charge in [-0.05, 0) is 31.3 Å². The van der Waals surface area contributed by atoms with Crippen LogP contribution in [0.2, 0.25) is 0 Å². The summed E-state index contributed by atoms with van der Waals surface area (Å²) in [5.74, 6) is 0. The van der Waals surface area contributed by atoms with E-state index < -0.39 is 0 Å². The average molecular weight is 298 g/mol. The molecule has 0 unspecified atom stereocenters. The number of hydrogen-bond donors (Lipinski definition) is 1. The van der Waals surface area contributed by atoms with E-state index in [1.165, 1.54) is 5.56 Å². The van der Waals surface area contributed by atoms with Gasteiger partial charge in [-0.1, -0.05) is 35.9 Å². The molecule has 2 rings (SSSR count). The fraction of sp³-hybridized carbons (Fsp3) is 0.188. The molecule has 5 heteroatoms. The van der Waals surface area contributed by atoms with E-state index in [9.17, 15) is 0 Å². The Morgan fingerprint density at radius 2 is 1.86 bits per heavy atom. The highest BCUT2D eigenvalue weighted by Gasteiger charge is 2.09. The topological polar surface area (TPSA) is 40.5 Å². The minimum Gasteiger partial charge on any atom is -0.354 e. The Morgan fingerprint density at radius 1 is 1.14 bits per heavy atom. The van der Waals surface area contributed by atoms with Crippen LogP contribution in [0.25, 0.3) is 0 Å². The second-order valence-electron chi connectivity index (χ2n) is 4.85. The van der Waals surface area contributed by atoms with E-state index in [2.05, 4.69) is 34.6 Å². The molecular weight excluding hydrogens is 280 g/mol. The van der Waals surface area contributed by atoms with Gasteiger partial charge in [0.1, 0.15) is 5.71 Å². The maximum Gasteiger partial charge on any atom is 0.189 e. The van der Waals surface area contributed by atoms with Gasteiger partial charge < -0.3 is 4.90 Å². The van der Waals surface area contributed by atoms with E-state index >= 15 is 0 Å². The number of nitrogens with one attached hydrogen (secondary N) is 1. The fourth-order valence-corrected chi connectivity index (χ4v) is 1.73. The van der Waals surface area contributed by atoms with Gasteiger partial charge in [0.05, 0.1) is 5.69 Å². The molecule has 21 heavy (non-hydrogen) atoms. The zero-order chi connectivity index (χ0) is 15.2. The van der Waals surface area contributed by atoms with Gasteiger partial charge in [0, 0.05) is 25.9 Å². The van der Waals surface area contributed by atoms with Crippen molar-refractivity contribution in [3.8, 4) is 0 Å². The molecule has 1 aromatic heterocycles. The molecule has 2 aromatic rings. The lowest BCUT2D eigenvalue weighted by molar-refractivity contribution is 0.606. The normalized spacial score (nSPS) is 11.1. The van der Waals surface area contributed by atoms with Gasteiger partial charge in [0.15, 0.2) is 5.11 Å². The van der Waals surface area contributed by atoms with Crippen molar-refractivity contribution in [1.29, 1.82) is 0 Å². The molecule has 1 N–H and O–H groups in total. The number of aryl methyl sites for hydroxylation is 1. The average Bonchev–Trinajstić information content (AvgIpc) is 2.50. The number of hydrazone groups is 1. The largest absolute Gasteiger partial charge is 0.354 e. The van der Waals surface area contributed by atoms with Crippen molar-refractivity contribution in [1.82, 2.24) is 15.3 Å². The van der Waals surface area contributed by atoms with Crippen molar-refractivity contribution in [2.45, 2.75) is 6.92 Å². The summed E-state index contributed by atoms with van der Waals surface area (Å²) in [7, 11) is 3.74. The third-order valence-electron chi connectivity index (χ3n) is 2.90. The van der Waals surface area contributed by atoms with E-state index in [1.54, 1.807) is 11.1 Å². The molecule has 0 bridgehead atoms. The van der Waals surface area contributed by atoms with Crippen LogP contribution < -0.4 is 5.43 Å². The van der Waals surface area contributed by atoms with Crippen molar-refractivity contribution in [2.75, 3.05) is 14.1 Å². The van der Waals surface area contributed by atoms with Gasteiger partial charge in [-0.2, -0.15) is 5.10 Å². The van der Waals surface area contributed by atoms with Crippen molar-refractivity contribution >= 4 is 23.0 Å². The van der Waals surface area contributed by atoms with Crippen molar-refractivity contribution in [3.63, 3.8) is 0 Å². The molecule has 0 saturated carbocycles. The van der Waals surface area contributed by atoms with E-state index in [0.717, 1.165) is 17.0 Å². The predicted molar refractivity (Wildman–Crippen MR) is 90.5 cm³/mol. The van der Waals surface area contributed by atoms with Crippen LogP contribution in [0.5, 0.6) is 0 Å². The third-order valence-corrected chi connectivity index (χ3v) is 3.36. The summed E-state index contributed by atoms with van der Waals surface area (Å²) in [4.78, 5) is 6.17. The number of hydrogen-bond acceptors (Lipinski definition) is 3. The van der Waals surface area contributed by atoms with E-state index in [0.29, 0.717) is 5.11 Å². The van der Waals surface area contributed by atoms with E-state index in [-0.39, 0.29) is 0 Å². The maximum atomic E-state index is 5.20. The second kappa shape index (κ2) is 6.95. The summed E-state index contributed by atoms with van der Waals surface area (Å²) < 4.78 is 0. The van der Waals surface area contributed by atoms with Gasteiger partial charge in [0.25, 0.3) is 0 Å². The first-order valence-electron chi connectivity index (χ1n) is 6.61. The highest BCUT2D eigenvalue weighted by atomic mass is 32.1. The molecule has 0 atom stereocenters. The standard InChI is InChI=1S/C16H18N4S/c1-12-7-9-13(10-8-12)15(14-6-4-5-11-17-14)18-19-16(21)20(2)3/h4-11H,1-3H3,(H,19,21)/b18-15+. The summed E-state index contributed by atoms with van der Waals surface area (Å²) in [5.41, 5.74) is 6.66. The summed E-state index contributed by atoms with van der Waals surface area (Å²) in [6, 6.07) is 13.9. The second-order valence-corrected chi connectivity index (χ2v) is 5.24. The molecule has 0 fully saturated rings. The Bertz CT molecular complexity index is 633. The van der Waals surface area contributed by atoms with Crippen LogP contribution in [-0.2, 0) is 0 Å². The molecule has 0 aliphatic heterocycles. The highest BCUT2D eigenvalue weighted by Crippen LogP contribution is 2.10. The lowest BCUT2D eigenvalue weighted by atomic mass is 10.1. The Balaban J connectivity index is 2.37. The van der Waals surface area contributed by atoms with Gasteiger partial charge in [0.2, 0.25) is 0 Å². The van der Waals surface area contributed by atoms with Crippen LogP contribution in [0, 0.1) is 6.92 Å². The fourth-order valence-electron chi connectivity index (χ4n) is 1.69. The Labute approximate surface area is 130 Å². The summed E-state index contributed by atoms with van der Waals surface area (Å²) in [6.07, 6.45) is 1.75. The van der Waals surface area contributed by atoms with Gasteiger partial charge >= 0.3 is 0 Å². The maximum absolute atomic E-state index is 5.20. The molecule has 0 spiro atoms. The number of benzene rings is 1. The van der Waals surface area contributed by atoms with Gasteiger partial charge in [-0.3, -0.25) is 10.4 Å². The van der Waals surface area contributed by atoms with Crippen molar-refractivity contribution < 1.29 is 0 Å². The Hall–Kier alpha value is -2.27. The van der Waals surface area contributed by atoms with Crippen LogP contribution in [0.3, 0.4) is 0 Å². The van der Waals surface area contributed by atoms with Crippen molar-refractivity contribution in [3.05, 3.63) is 65.5 Å². The van der Waals surface area contributed by atoms with E-state index in [4.69, 9.17) is 12.2 Å². The first-order chi connectivity index (χ1) is 10.1. The molecule has 1 heterocycles. The molecule has 0 radical (unpaired) electrons. The minimum atomic E-state index is 0.551. The molecule has 0 saturated heterocycles. The number of pyridine rings is 1. The summed E-state index contributed by atoms with van der Waals surface area (Å²) in [6.45, 7) is 2.06. The van der Waals surface area contributed by atoms with Crippen LogP contribution >= 0.6 is 12.2 Å². The lowest BCUT2D eigenvalue weighted by Crippen LogP contribution is -2.31. The van der Waals surface area contributed by atoms with Crippen molar-refractivity contribution in [2.24, 2.45) is 5.10 Å². The summed E-state index contributed by atoms with van der Waals surface area (Å²) in [5, 5.41) is 4.99. The monoisotopic (exact) mass is 298 g/mol. The quantitative estimate of drug-likeness (QED) is 0.537. The molecule has 1 aromatic carbocycles. The lowest BCUT2D eigenvalue weighted by Gasteiger charge is -2.13. The number of nitrogens with zero attached hydrogens (tertiary/aromatic N) is 3. The third kappa shape index (κ3) is 4.10. The summed E-state index contributed by atoms with van der Waals surface area (Å²) >= 11 is 5.20. The van der Waals surface area contributed by atoms with Crippen LogP contribution in [0.1, 0.15) is 16.8 Å². The smallest absolute Gasteiger partial charge is 0.189 e. The predicted octanol–water partition coefficient (Wildman–Crippen LogP) is 2.58. The number of aromatic nitrogens is 1. The van der Waals surface area contributed by atoms with Gasteiger partial charge in [-0.25, -0.2) is 0 Å². The van der Waals surface area contributed by atoms with Gasteiger partial charge in [-0.15, -0.1) is 0 Å². The first kappa shape index (κ1) is 15.1. The number of thiocarbonyl (C=S) groups is 1. The molecule has 0 amide bonds. The molecule has 4 nitrogen and oxygen atoms in total. The Kier molecular flexibility index (Phi) is 5.00. The Morgan fingerprint density at radius 3 is 2.43 bits per heavy atom. The minimum absolute atomic E-state index is 0.551. The highest BCUT2D eigenvalue weighted by molar-refractivity contribution is 7.80. The SMILES string of the molecule is Cc1ccc(/C(=N\NC(=S)N(C)C)c2ccccn2)cc1. The first-order valence-corrected chi connectivity index (χ1v) is 7.02. The molecular formula is C16H18N4S. The van der Waals surface area contributed by atoms with Crippen LogP contribution in [0.15, 0.2) is 53.8 Å². The van der Waals surface area contributed by atoms with Crippen LogP contribution in [0.4, 0.5) is 0 Å². The molecule has 0 aliphatic rings. The molecule has 108 valence electrons.